The Kier molecular flexibility index (Phi) is 6.06. The molecule has 1 unspecified atom stereocenters. The number of carbonyl (C=O) groups is 1. The van der Waals surface area contributed by atoms with Crippen molar-refractivity contribution in [3.63, 3.8) is 0 Å². The number of benzene rings is 1. The molecular weight excluding hydrogens is 357 g/mol. The maximum Gasteiger partial charge on any atom is 0.224 e. The molecule has 1 atom stereocenters. The average Bonchev–Trinajstić information content (AvgIpc) is 2.63. The lowest BCUT2D eigenvalue weighted by Crippen LogP contribution is -2.39. The van der Waals surface area contributed by atoms with Crippen LogP contribution in [0.15, 0.2) is 36.5 Å². The molecule has 1 saturated heterocycles. The normalized spacial score (nSPS) is 17.2. The summed E-state index contributed by atoms with van der Waals surface area (Å²) in [6, 6.07) is 8.05. The van der Waals surface area contributed by atoms with E-state index >= 15 is 0 Å². The summed E-state index contributed by atoms with van der Waals surface area (Å²) in [6.45, 7) is 1.63. The average molecular weight is 378 g/mol. The molecule has 2 aromatic rings. The minimum Gasteiger partial charge on any atom is -0.391 e. The molecule has 2 heterocycles. The fourth-order valence-corrected chi connectivity index (χ4v) is 3.35. The highest BCUT2D eigenvalue weighted by Gasteiger charge is 2.21. The molecule has 0 aliphatic carbocycles. The van der Waals surface area contributed by atoms with Crippen molar-refractivity contribution in [3.8, 4) is 0 Å². The standard InChI is InChI=1S/C19H21ClFN3O2/c20-16-6-1-7-17(21)15(16)10-18(26)23-11-13-4-2-8-22-19(13)24-9-3-5-14(25)12-24/h1-2,4,6-8,14,25H,3,5,9-12H2,(H,23,26). The molecule has 3 rings (SSSR count). The van der Waals surface area contributed by atoms with Gasteiger partial charge in [0.05, 0.1) is 12.5 Å². The first-order chi connectivity index (χ1) is 12.5. The van der Waals surface area contributed by atoms with Crippen LogP contribution in [0.25, 0.3) is 0 Å². The Morgan fingerprint density at radius 3 is 3.00 bits per heavy atom. The highest BCUT2D eigenvalue weighted by Crippen LogP contribution is 2.22. The highest BCUT2D eigenvalue weighted by molar-refractivity contribution is 6.31. The first-order valence-electron chi connectivity index (χ1n) is 8.61. The van der Waals surface area contributed by atoms with Gasteiger partial charge in [-0.15, -0.1) is 0 Å². The van der Waals surface area contributed by atoms with E-state index in [0.717, 1.165) is 30.8 Å². The van der Waals surface area contributed by atoms with E-state index in [1.807, 2.05) is 11.0 Å². The van der Waals surface area contributed by atoms with E-state index in [1.165, 1.54) is 12.1 Å². The zero-order valence-electron chi connectivity index (χ0n) is 14.3. The van der Waals surface area contributed by atoms with E-state index in [1.54, 1.807) is 18.3 Å². The molecule has 1 aromatic heterocycles. The van der Waals surface area contributed by atoms with Crippen LogP contribution in [0.5, 0.6) is 0 Å². The van der Waals surface area contributed by atoms with E-state index in [0.29, 0.717) is 6.54 Å². The molecule has 7 heteroatoms. The SMILES string of the molecule is O=C(Cc1c(F)cccc1Cl)NCc1cccnc1N1CCCC(O)C1. The van der Waals surface area contributed by atoms with Crippen LogP contribution >= 0.6 is 11.6 Å². The second kappa shape index (κ2) is 8.47. The van der Waals surface area contributed by atoms with Gasteiger partial charge in [0.1, 0.15) is 11.6 Å². The van der Waals surface area contributed by atoms with Gasteiger partial charge in [0.15, 0.2) is 0 Å². The molecule has 1 fully saturated rings. The first-order valence-corrected chi connectivity index (χ1v) is 8.99. The van der Waals surface area contributed by atoms with Gasteiger partial charge in [0.2, 0.25) is 5.91 Å². The van der Waals surface area contributed by atoms with E-state index < -0.39 is 5.82 Å². The van der Waals surface area contributed by atoms with Crippen molar-refractivity contribution in [2.75, 3.05) is 18.0 Å². The summed E-state index contributed by atoms with van der Waals surface area (Å²) >= 11 is 5.97. The van der Waals surface area contributed by atoms with Crippen molar-refractivity contribution < 1.29 is 14.3 Å². The molecule has 0 bridgehead atoms. The topological polar surface area (TPSA) is 65.5 Å². The lowest BCUT2D eigenvalue weighted by atomic mass is 10.1. The first kappa shape index (κ1) is 18.6. The number of amides is 1. The summed E-state index contributed by atoms with van der Waals surface area (Å²) in [5, 5.41) is 12.9. The van der Waals surface area contributed by atoms with E-state index in [4.69, 9.17) is 11.6 Å². The number of hydrogen-bond acceptors (Lipinski definition) is 4. The summed E-state index contributed by atoms with van der Waals surface area (Å²) < 4.78 is 13.8. The molecule has 1 aliphatic heterocycles. The number of pyridine rings is 1. The Morgan fingerprint density at radius 2 is 2.23 bits per heavy atom. The van der Waals surface area contributed by atoms with Crippen molar-refractivity contribution >= 4 is 23.3 Å². The van der Waals surface area contributed by atoms with Crippen LogP contribution in [0.4, 0.5) is 10.2 Å². The van der Waals surface area contributed by atoms with E-state index in [-0.39, 0.29) is 35.6 Å². The van der Waals surface area contributed by atoms with Gasteiger partial charge in [-0.05, 0) is 31.0 Å². The van der Waals surface area contributed by atoms with Gasteiger partial charge >= 0.3 is 0 Å². The monoisotopic (exact) mass is 377 g/mol. The molecule has 2 N–H and O–H groups in total. The summed E-state index contributed by atoms with van der Waals surface area (Å²) in [5.74, 6) is -0.0435. The molecule has 26 heavy (non-hydrogen) atoms. The third kappa shape index (κ3) is 4.51. The van der Waals surface area contributed by atoms with Gasteiger partial charge < -0.3 is 15.3 Å². The molecule has 1 aliphatic rings. The zero-order valence-corrected chi connectivity index (χ0v) is 15.0. The summed E-state index contributed by atoms with van der Waals surface area (Å²) in [7, 11) is 0. The number of anilines is 1. The summed E-state index contributed by atoms with van der Waals surface area (Å²) in [6.07, 6.45) is 2.90. The molecule has 1 aromatic carbocycles. The Morgan fingerprint density at radius 1 is 1.38 bits per heavy atom. The summed E-state index contributed by atoms with van der Waals surface area (Å²) in [5.41, 5.74) is 1.05. The van der Waals surface area contributed by atoms with Gasteiger partial charge in [0, 0.05) is 42.0 Å². The van der Waals surface area contributed by atoms with Crippen LogP contribution in [-0.2, 0) is 17.8 Å². The van der Waals surface area contributed by atoms with E-state index in [9.17, 15) is 14.3 Å². The molecule has 0 spiro atoms. The number of carbonyl (C=O) groups excluding carboxylic acids is 1. The minimum absolute atomic E-state index is 0.121. The third-order valence-corrected chi connectivity index (χ3v) is 4.79. The van der Waals surface area contributed by atoms with Crippen LogP contribution < -0.4 is 10.2 Å². The van der Waals surface area contributed by atoms with E-state index in [2.05, 4.69) is 10.3 Å². The van der Waals surface area contributed by atoms with Crippen LogP contribution in [-0.4, -0.2) is 35.2 Å². The fourth-order valence-electron chi connectivity index (χ4n) is 3.12. The Bertz CT molecular complexity index is 767. The van der Waals surface area contributed by atoms with Crippen molar-refractivity contribution in [2.45, 2.75) is 31.9 Å². The Labute approximate surface area is 156 Å². The number of aromatic nitrogens is 1. The quantitative estimate of drug-likeness (QED) is 0.840. The molecule has 1 amide bonds. The molecule has 0 radical (unpaired) electrons. The fraction of sp³-hybridized carbons (Fsp3) is 0.368. The van der Waals surface area contributed by atoms with Crippen LogP contribution in [0.1, 0.15) is 24.0 Å². The van der Waals surface area contributed by atoms with Gasteiger partial charge in [-0.1, -0.05) is 23.7 Å². The number of halogens is 2. The lowest BCUT2D eigenvalue weighted by Gasteiger charge is -2.32. The maximum absolute atomic E-state index is 13.8. The maximum atomic E-state index is 13.8. The highest BCUT2D eigenvalue weighted by atomic mass is 35.5. The predicted molar refractivity (Wildman–Crippen MR) is 98.7 cm³/mol. The number of piperidine rings is 1. The second-order valence-corrected chi connectivity index (χ2v) is 6.79. The number of nitrogens with one attached hydrogen (secondary N) is 1. The molecular formula is C19H21ClFN3O2. The van der Waals surface area contributed by atoms with Gasteiger partial charge in [0.25, 0.3) is 0 Å². The van der Waals surface area contributed by atoms with Gasteiger partial charge in [-0.2, -0.15) is 0 Å². The zero-order chi connectivity index (χ0) is 18.5. The Balaban J connectivity index is 1.65. The molecule has 0 saturated carbocycles. The van der Waals surface area contributed by atoms with Crippen molar-refractivity contribution in [1.29, 1.82) is 0 Å². The number of hydrogen-bond donors (Lipinski definition) is 2. The van der Waals surface area contributed by atoms with Crippen molar-refractivity contribution in [2.24, 2.45) is 0 Å². The van der Waals surface area contributed by atoms with Crippen LogP contribution in [0.2, 0.25) is 5.02 Å². The number of aliphatic hydroxyl groups excluding tert-OH is 1. The lowest BCUT2D eigenvalue weighted by molar-refractivity contribution is -0.120. The Hall–Kier alpha value is -2.18. The van der Waals surface area contributed by atoms with Gasteiger partial charge in [-0.25, -0.2) is 9.37 Å². The third-order valence-electron chi connectivity index (χ3n) is 4.44. The van der Waals surface area contributed by atoms with Crippen LogP contribution in [0.3, 0.4) is 0 Å². The smallest absolute Gasteiger partial charge is 0.224 e. The largest absolute Gasteiger partial charge is 0.391 e. The number of nitrogens with zero attached hydrogens (tertiary/aromatic N) is 2. The van der Waals surface area contributed by atoms with Crippen LogP contribution in [0, 0.1) is 5.82 Å². The number of aliphatic hydroxyl groups is 1. The summed E-state index contributed by atoms with van der Waals surface area (Å²) in [4.78, 5) is 18.7. The molecule has 5 nitrogen and oxygen atoms in total. The van der Waals surface area contributed by atoms with Crippen molar-refractivity contribution in [1.82, 2.24) is 10.3 Å². The second-order valence-electron chi connectivity index (χ2n) is 6.38. The van der Waals surface area contributed by atoms with Gasteiger partial charge in [-0.3, -0.25) is 4.79 Å². The minimum atomic E-state index is -0.489. The number of β-amino-alcohol motifs (C(OH)–C–C–N with tert-alkyl or cyclic N) is 1. The number of rotatable bonds is 5. The predicted octanol–water partition coefficient (Wildman–Crippen LogP) is 2.69. The van der Waals surface area contributed by atoms with Crippen molar-refractivity contribution in [3.05, 3.63) is 58.5 Å². The molecule has 138 valence electrons.